The summed E-state index contributed by atoms with van der Waals surface area (Å²) < 4.78 is 0. The van der Waals surface area contributed by atoms with Crippen LogP contribution in [0.15, 0.2) is 24.3 Å². The third kappa shape index (κ3) is 5.01. The summed E-state index contributed by atoms with van der Waals surface area (Å²) in [6, 6.07) is 8.80. The van der Waals surface area contributed by atoms with E-state index >= 15 is 0 Å². The fourth-order valence-corrected chi connectivity index (χ4v) is 2.17. The fraction of sp³-hybridized carbons (Fsp3) is 0.538. The minimum absolute atomic E-state index is 0.947. The molecule has 0 radical (unpaired) electrons. The number of thioether (sulfide) groups is 1. The van der Waals surface area contributed by atoms with Gasteiger partial charge >= 0.3 is 0 Å². The fourth-order valence-electron chi connectivity index (χ4n) is 1.68. The summed E-state index contributed by atoms with van der Waals surface area (Å²) in [5.41, 5.74) is 2.76. The molecule has 0 spiro atoms. The van der Waals surface area contributed by atoms with Gasteiger partial charge in [-0.25, -0.2) is 0 Å². The molecule has 1 aromatic carbocycles. The van der Waals surface area contributed by atoms with Crippen molar-refractivity contribution in [3.05, 3.63) is 35.4 Å². The Kier molecular flexibility index (Phi) is 6.53. The van der Waals surface area contributed by atoms with Crippen LogP contribution in [-0.2, 0) is 13.1 Å². The van der Waals surface area contributed by atoms with Crippen LogP contribution >= 0.6 is 11.8 Å². The number of nitrogens with zero attached hydrogens (tertiary/aromatic N) is 1. The highest BCUT2D eigenvalue weighted by atomic mass is 32.2. The molecule has 0 aliphatic heterocycles. The van der Waals surface area contributed by atoms with Crippen molar-refractivity contribution in [1.29, 1.82) is 0 Å². The summed E-state index contributed by atoms with van der Waals surface area (Å²) >= 11 is 1.90. The SMILES string of the molecule is CNCc1cccc(CN(C)CCSC)c1. The van der Waals surface area contributed by atoms with Crippen molar-refractivity contribution >= 4 is 11.8 Å². The summed E-state index contributed by atoms with van der Waals surface area (Å²) in [5, 5.41) is 3.18. The molecule has 0 aliphatic carbocycles. The van der Waals surface area contributed by atoms with Gasteiger partial charge in [-0.1, -0.05) is 24.3 Å². The van der Waals surface area contributed by atoms with Crippen LogP contribution in [0.4, 0.5) is 0 Å². The quantitative estimate of drug-likeness (QED) is 0.784. The van der Waals surface area contributed by atoms with Crippen molar-refractivity contribution in [3.63, 3.8) is 0 Å². The lowest BCUT2D eigenvalue weighted by Crippen LogP contribution is -2.20. The first kappa shape index (κ1) is 13.6. The molecule has 0 amide bonds. The van der Waals surface area contributed by atoms with Crippen LogP contribution < -0.4 is 5.32 Å². The molecule has 90 valence electrons. The average molecular weight is 238 g/mol. The third-order valence-corrected chi connectivity index (χ3v) is 3.09. The van der Waals surface area contributed by atoms with E-state index in [1.165, 1.54) is 16.9 Å². The molecular weight excluding hydrogens is 216 g/mol. The summed E-state index contributed by atoms with van der Waals surface area (Å²) in [6.45, 7) is 3.14. The average Bonchev–Trinajstić information content (AvgIpc) is 2.27. The Morgan fingerprint density at radius 1 is 1.31 bits per heavy atom. The summed E-state index contributed by atoms with van der Waals surface area (Å²) in [7, 11) is 4.16. The lowest BCUT2D eigenvalue weighted by Gasteiger charge is -2.16. The van der Waals surface area contributed by atoms with Crippen molar-refractivity contribution in [2.45, 2.75) is 13.1 Å². The smallest absolute Gasteiger partial charge is 0.0231 e. The molecule has 1 aromatic rings. The lowest BCUT2D eigenvalue weighted by molar-refractivity contribution is 0.348. The Balaban J connectivity index is 2.49. The second kappa shape index (κ2) is 7.71. The molecular formula is C13H22N2S. The van der Waals surface area contributed by atoms with Crippen LogP contribution in [0.3, 0.4) is 0 Å². The van der Waals surface area contributed by atoms with Crippen LogP contribution in [0.2, 0.25) is 0 Å². The van der Waals surface area contributed by atoms with Crippen molar-refractivity contribution in [1.82, 2.24) is 10.2 Å². The van der Waals surface area contributed by atoms with Crippen LogP contribution in [0, 0.1) is 0 Å². The second-order valence-corrected chi connectivity index (χ2v) is 5.07. The van der Waals surface area contributed by atoms with E-state index in [-0.39, 0.29) is 0 Å². The van der Waals surface area contributed by atoms with Gasteiger partial charge in [0.2, 0.25) is 0 Å². The summed E-state index contributed by atoms with van der Waals surface area (Å²) in [5.74, 6) is 1.20. The minimum atomic E-state index is 0.947. The maximum atomic E-state index is 3.18. The van der Waals surface area contributed by atoms with Crippen LogP contribution in [0.25, 0.3) is 0 Å². The van der Waals surface area contributed by atoms with Gasteiger partial charge in [0.05, 0.1) is 0 Å². The van der Waals surface area contributed by atoms with Gasteiger partial charge in [0, 0.05) is 25.4 Å². The molecule has 0 fully saturated rings. The van der Waals surface area contributed by atoms with Crippen LogP contribution in [0.1, 0.15) is 11.1 Å². The predicted octanol–water partition coefficient (Wildman–Crippen LogP) is 2.20. The van der Waals surface area contributed by atoms with Gasteiger partial charge in [-0.2, -0.15) is 11.8 Å². The topological polar surface area (TPSA) is 15.3 Å². The molecule has 3 heteroatoms. The molecule has 0 saturated heterocycles. The molecule has 0 aliphatic rings. The maximum absolute atomic E-state index is 3.18. The Morgan fingerprint density at radius 2 is 2.06 bits per heavy atom. The monoisotopic (exact) mass is 238 g/mol. The minimum Gasteiger partial charge on any atom is -0.316 e. The van der Waals surface area contributed by atoms with E-state index in [4.69, 9.17) is 0 Å². The molecule has 1 rings (SSSR count). The van der Waals surface area contributed by atoms with Gasteiger partial charge in [0.25, 0.3) is 0 Å². The van der Waals surface area contributed by atoms with Gasteiger partial charge in [-0.15, -0.1) is 0 Å². The van der Waals surface area contributed by atoms with E-state index in [1.54, 1.807) is 0 Å². The highest BCUT2D eigenvalue weighted by Crippen LogP contribution is 2.08. The van der Waals surface area contributed by atoms with Crippen molar-refractivity contribution in [3.8, 4) is 0 Å². The van der Waals surface area contributed by atoms with Crippen molar-refractivity contribution in [2.24, 2.45) is 0 Å². The van der Waals surface area contributed by atoms with Gasteiger partial charge in [-0.3, -0.25) is 0 Å². The number of rotatable bonds is 7. The third-order valence-electron chi connectivity index (χ3n) is 2.50. The zero-order valence-corrected chi connectivity index (χ0v) is 11.3. The molecule has 1 N–H and O–H groups in total. The van der Waals surface area contributed by atoms with Crippen LogP contribution in [0.5, 0.6) is 0 Å². The van der Waals surface area contributed by atoms with Gasteiger partial charge < -0.3 is 10.2 Å². The molecule has 0 unspecified atom stereocenters. The van der Waals surface area contributed by atoms with E-state index in [2.05, 4.69) is 47.8 Å². The normalized spacial score (nSPS) is 11.0. The van der Waals surface area contributed by atoms with Gasteiger partial charge in [0.15, 0.2) is 0 Å². The summed E-state index contributed by atoms with van der Waals surface area (Å²) in [6.07, 6.45) is 2.15. The Hall–Kier alpha value is -0.510. The first-order chi connectivity index (χ1) is 7.76. The van der Waals surface area contributed by atoms with Crippen molar-refractivity contribution in [2.75, 3.05) is 32.6 Å². The highest BCUT2D eigenvalue weighted by Gasteiger charge is 2.00. The zero-order chi connectivity index (χ0) is 11.8. The maximum Gasteiger partial charge on any atom is 0.0231 e. The molecule has 2 nitrogen and oxygen atoms in total. The number of nitrogens with one attached hydrogen (secondary N) is 1. The molecule has 0 aromatic heterocycles. The Morgan fingerprint density at radius 3 is 2.75 bits per heavy atom. The Labute approximate surface area is 103 Å². The van der Waals surface area contributed by atoms with E-state index in [0.717, 1.165) is 19.6 Å². The zero-order valence-electron chi connectivity index (χ0n) is 10.5. The van der Waals surface area contributed by atoms with E-state index in [0.29, 0.717) is 0 Å². The highest BCUT2D eigenvalue weighted by molar-refractivity contribution is 7.98. The van der Waals surface area contributed by atoms with E-state index < -0.39 is 0 Å². The molecule has 16 heavy (non-hydrogen) atoms. The molecule has 0 saturated carbocycles. The van der Waals surface area contributed by atoms with E-state index in [9.17, 15) is 0 Å². The molecule has 0 bridgehead atoms. The van der Waals surface area contributed by atoms with Gasteiger partial charge in [-0.05, 0) is 31.5 Å². The first-order valence-corrected chi connectivity index (χ1v) is 7.05. The first-order valence-electron chi connectivity index (χ1n) is 5.66. The standard InChI is InChI=1S/C13H22N2S/c1-14-10-12-5-4-6-13(9-12)11-15(2)7-8-16-3/h4-6,9,14H,7-8,10-11H2,1-3H3. The van der Waals surface area contributed by atoms with E-state index in [1.807, 2.05) is 18.8 Å². The van der Waals surface area contributed by atoms with Gasteiger partial charge in [0.1, 0.15) is 0 Å². The Bertz CT molecular complexity index is 302. The summed E-state index contributed by atoms with van der Waals surface area (Å²) in [4.78, 5) is 2.37. The van der Waals surface area contributed by atoms with Crippen molar-refractivity contribution < 1.29 is 0 Å². The number of benzene rings is 1. The molecule has 0 heterocycles. The number of hydrogen-bond donors (Lipinski definition) is 1. The van der Waals surface area contributed by atoms with Crippen LogP contribution in [-0.4, -0.2) is 37.5 Å². The lowest BCUT2D eigenvalue weighted by atomic mass is 10.1. The number of hydrogen-bond acceptors (Lipinski definition) is 3. The predicted molar refractivity (Wildman–Crippen MR) is 73.9 cm³/mol. The second-order valence-electron chi connectivity index (χ2n) is 4.08. The molecule has 0 atom stereocenters. The largest absolute Gasteiger partial charge is 0.316 e.